The van der Waals surface area contributed by atoms with Crippen LogP contribution in [0.2, 0.25) is 5.02 Å². The number of amidine groups is 1. The van der Waals surface area contributed by atoms with E-state index in [4.69, 9.17) is 22.5 Å². The second-order valence-corrected chi connectivity index (χ2v) is 4.63. The minimum Gasteiger partial charge on any atom is -0.409 e. The van der Waals surface area contributed by atoms with Gasteiger partial charge in [0.25, 0.3) is 0 Å². The zero-order valence-electron chi connectivity index (χ0n) is 9.56. The van der Waals surface area contributed by atoms with E-state index in [1.165, 1.54) is 19.3 Å². The molecule has 1 heterocycles. The van der Waals surface area contributed by atoms with E-state index < -0.39 is 0 Å². The fraction of sp³-hybridized carbons (Fsp3) is 0.417. The Labute approximate surface area is 106 Å². The van der Waals surface area contributed by atoms with Gasteiger partial charge in [-0.3, -0.25) is 0 Å². The maximum Gasteiger partial charge on any atom is 0.172 e. The molecular weight excluding hydrogens is 238 g/mol. The normalized spacial score (nSPS) is 17.2. The summed E-state index contributed by atoms with van der Waals surface area (Å²) < 4.78 is 0. The molecule has 3 N–H and O–H groups in total. The zero-order chi connectivity index (χ0) is 12.3. The SMILES string of the molecule is NC(=NO)c1cc(Cl)ccc1N1CCCCC1. The number of benzene rings is 1. The van der Waals surface area contributed by atoms with Crippen LogP contribution in [0.3, 0.4) is 0 Å². The van der Waals surface area contributed by atoms with E-state index >= 15 is 0 Å². The van der Waals surface area contributed by atoms with Crippen molar-refractivity contribution < 1.29 is 5.21 Å². The van der Waals surface area contributed by atoms with Crippen molar-refractivity contribution >= 4 is 23.1 Å². The third kappa shape index (κ3) is 2.64. The predicted octanol–water partition coefficient (Wildman–Crippen LogP) is 2.42. The Kier molecular flexibility index (Phi) is 3.74. The predicted molar refractivity (Wildman–Crippen MR) is 70.0 cm³/mol. The van der Waals surface area contributed by atoms with Crippen LogP contribution in [0, 0.1) is 0 Å². The molecule has 0 aromatic heterocycles. The molecule has 0 bridgehead atoms. The van der Waals surface area contributed by atoms with Gasteiger partial charge in [0, 0.05) is 29.4 Å². The van der Waals surface area contributed by atoms with E-state index in [0.717, 1.165) is 18.8 Å². The monoisotopic (exact) mass is 253 g/mol. The van der Waals surface area contributed by atoms with E-state index in [9.17, 15) is 0 Å². The van der Waals surface area contributed by atoms with Crippen molar-refractivity contribution in [3.8, 4) is 0 Å². The van der Waals surface area contributed by atoms with Gasteiger partial charge in [-0.1, -0.05) is 16.8 Å². The fourth-order valence-corrected chi connectivity index (χ4v) is 2.35. The van der Waals surface area contributed by atoms with E-state index in [2.05, 4.69) is 10.1 Å². The first kappa shape index (κ1) is 12.0. The van der Waals surface area contributed by atoms with Gasteiger partial charge in [-0.05, 0) is 37.5 Å². The van der Waals surface area contributed by atoms with Crippen molar-refractivity contribution in [2.45, 2.75) is 19.3 Å². The molecule has 0 amide bonds. The molecule has 5 heteroatoms. The number of hydrogen-bond donors (Lipinski definition) is 2. The van der Waals surface area contributed by atoms with Crippen molar-refractivity contribution in [1.82, 2.24) is 0 Å². The van der Waals surface area contributed by atoms with Crippen molar-refractivity contribution in [2.75, 3.05) is 18.0 Å². The number of hydrogen-bond acceptors (Lipinski definition) is 3. The summed E-state index contributed by atoms with van der Waals surface area (Å²) in [5, 5.41) is 12.5. The third-order valence-corrected chi connectivity index (χ3v) is 3.27. The standard InChI is InChI=1S/C12H16ClN3O/c13-9-4-5-11(10(8-9)12(14)15-17)16-6-2-1-3-7-16/h4-5,8,17H,1-3,6-7H2,(H2,14,15). The van der Waals surface area contributed by atoms with Crippen molar-refractivity contribution in [3.05, 3.63) is 28.8 Å². The summed E-state index contributed by atoms with van der Waals surface area (Å²) in [6, 6.07) is 5.50. The molecule has 0 saturated carbocycles. The first-order valence-electron chi connectivity index (χ1n) is 5.75. The zero-order valence-corrected chi connectivity index (χ0v) is 10.3. The van der Waals surface area contributed by atoms with Crippen LogP contribution in [0.25, 0.3) is 0 Å². The topological polar surface area (TPSA) is 61.9 Å². The average molecular weight is 254 g/mol. The highest BCUT2D eigenvalue weighted by atomic mass is 35.5. The number of anilines is 1. The number of rotatable bonds is 2. The van der Waals surface area contributed by atoms with Crippen LogP contribution in [-0.2, 0) is 0 Å². The van der Waals surface area contributed by atoms with Gasteiger partial charge in [0.2, 0.25) is 0 Å². The molecule has 1 aromatic carbocycles. The summed E-state index contributed by atoms with van der Waals surface area (Å²) in [7, 11) is 0. The second-order valence-electron chi connectivity index (χ2n) is 4.19. The quantitative estimate of drug-likeness (QED) is 0.368. The third-order valence-electron chi connectivity index (χ3n) is 3.04. The van der Waals surface area contributed by atoms with Gasteiger partial charge in [0.1, 0.15) is 0 Å². The van der Waals surface area contributed by atoms with Crippen LogP contribution >= 0.6 is 11.6 Å². The molecular formula is C12H16ClN3O. The van der Waals surface area contributed by atoms with Crippen LogP contribution in [0.15, 0.2) is 23.4 Å². The number of piperidine rings is 1. The number of halogens is 1. The molecule has 17 heavy (non-hydrogen) atoms. The van der Waals surface area contributed by atoms with Crippen molar-refractivity contribution in [3.63, 3.8) is 0 Å². The highest BCUT2D eigenvalue weighted by Crippen LogP contribution is 2.26. The summed E-state index contributed by atoms with van der Waals surface area (Å²) in [4.78, 5) is 2.26. The highest BCUT2D eigenvalue weighted by Gasteiger charge is 2.16. The minimum absolute atomic E-state index is 0.105. The van der Waals surface area contributed by atoms with Crippen LogP contribution in [0.1, 0.15) is 24.8 Å². The van der Waals surface area contributed by atoms with E-state index in [0.29, 0.717) is 10.6 Å². The number of nitrogens with two attached hydrogens (primary N) is 1. The Morgan fingerprint density at radius 2 is 2.00 bits per heavy atom. The molecule has 0 spiro atoms. The Morgan fingerprint density at radius 3 is 2.65 bits per heavy atom. The van der Waals surface area contributed by atoms with E-state index in [1.54, 1.807) is 6.07 Å². The smallest absolute Gasteiger partial charge is 0.172 e. The first-order chi connectivity index (χ1) is 8.22. The van der Waals surface area contributed by atoms with Crippen LogP contribution in [0.5, 0.6) is 0 Å². The van der Waals surface area contributed by atoms with Crippen molar-refractivity contribution in [1.29, 1.82) is 0 Å². The van der Waals surface area contributed by atoms with Gasteiger partial charge >= 0.3 is 0 Å². The first-order valence-corrected chi connectivity index (χ1v) is 6.12. The van der Waals surface area contributed by atoms with Gasteiger partial charge in [0.15, 0.2) is 5.84 Å². The Hall–Kier alpha value is -1.42. The second kappa shape index (κ2) is 5.27. The molecule has 1 aliphatic heterocycles. The molecule has 1 aromatic rings. The molecule has 0 radical (unpaired) electrons. The Bertz CT molecular complexity index is 428. The van der Waals surface area contributed by atoms with E-state index in [1.807, 2.05) is 12.1 Å². The van der Waals surface area contributed by atoms with Gasteiger partial charge < -0.3 is 15.8 Å². The molecule has 0 unspecified atom stereocenters. The molecule has 0 aliphatic carbocycles. The molecule has 92 valence electrons. The maximum absolute atomic E-state index is 8.80. The highest BCUT2D eigenvalue weighted by molar-refractivity contribution is 6.31. The number of oxime groups is 1. The van der Waals surface area contributed by atoms with Gasteiger partial charge in [-0.15, -0.1) is 0 Å². The van der Waals surface area contributed by atoms with Crippen LogP contribution < -0.4 is 10.6 Å². The van der Waals surface area contributed by atoms with Gasteiger partial charge in [-0.2, -0.15) is 0 Å². The largest absolute Gasteiger partial charge is 0.409 e. The van der Waals surface area contributed by atoms with Crippen LogP contribution in [-0.4, -0.2) is 24.1 Å². The Balaban J connectivity index is 2.37. The summed E-state index contributed by atoms with van der Waals surface area (Å²) >= 11 is 5.95. The summed E-state index contributed by atoms with van der Waals surface area (Å²) in [5.41, 5.74) is 7.37. The molecule has 1 fully saturated rings. The minimum atomic E-state index is 0.105. The van der Waals surface area contributed by atoms with Gasteiger partial charge in [0.05, 0.1) is 0 Å². The molecule has 4 nitrogen and oxygen atoms in total. The molecule has 0 atom stereocenters. The van der Waals surface area contributed by atoms with Gasteiger partial charge in [-0.25, -0.2) is 0 Å². The lowest BCUT2D eigenvalue weighted by molar-refractivity contribution is 0.318. The molecule has 1 aliphatic rings. The maximum atomic E-state index is 8.80. The Morgan fingerprint density at radius 1 is 1.29 bits per heavy atom. The lowest BCUT2D eigenvalue weighted by Crippen LogP contribution is -2.31. The molecule has 1 saturated heterocycles. The summed E-state index contributed by atoms with van der Waals surface area (Å²) in [6.45, 7) is 2.01. The van der Waals surface area contributed by atoms with Crippen molar-refractivity contribution in [2.24, 2.45) is 10.9 Å². The number of nitrogens with zero attached hydrogens (tertiary/aromatic N) is 2. The lowest BCUT2D eigenvalue weighted by atomic mass is 10.1. The lowest BCUT2D eigenvalue weighted by Gasteiger charge is -2.30. The van der Waals surface area contributed by atoms with E-state index in [-0.39, 0.29) is 5.84 Å². The van der Waals surface area contributed by atoms with Crippen LogP contribution in [0.4, 0.5) is 5.69 Å². The molecule has 2 rings (SSSR count). The average Bonchev–Trinajstić information content (AvgIpc) is 2.38. The fourth-order valence-electron chi connectivity index (χ4n) is 2.18. The summed E-state index contributed by atoms with van der Waals surface area (Å²) in [6.07, 6.45) is 3.62. The summed E-state index contributed by atoms with van der Waals surface area (Å²) in [5.74, 6) is 0.105.